The Morgan fingerprint density at radius 2 is 0.909 bits per heavy atom. The van der Waals surface area contributed by atoms with Crippen molar-refractivity contribution in [3.05, 3.63) is 95.8 Å². The van der Waals surface area contributed by atoms with E-state index in [1.54, 1.807) is 0 Å². The second kappa shape index (κ2) is 12.5. The average Bonchev–Trinajstić information content (AvgIpc) is 2.80. The minimum Gasteiger partial charge on any atom is -0.448 e. The van der Waals surface area contributed by atoms with Crippen LogP contribution in [-0.2, 0) is 20.1 Å². The summed E-state index contributed by atoms with van der Waals surface area (Å²) in [6.07, 6.45) is 6.03. The van der Waals surface area contributed by atoms with Crippen molar-refractivity contribution in [1.82, 2.24) is 19.9 Å². The third-order valence-corrected chi connectivity index (χ3v) is 5.01. The summed E-state index contributed by atoms with van der Waals surface area (Å²) < 4.78 is 0. The molecule has 0 aliphatic heterocycles. The van der Waals surface area contributed by atoms with Crippen LogP contribution < -0.4 is 0 Å². The van der Waals surface area contributed by atoms with Gasteiger partial charge < -0.3 is 9.97 Å². The molecule has 0 aliphatic carbocycles. The maximum atomic E-state index is 4.53. The van der Waals surface area contributed by atoms with Crippen LogP contribution in [0.25, 0.3) is 22.5 Å². The Balaban J connectivity index is 0.000000227. The number of aromatic nitrogens is 4. The van der Waals surface area contributed by atoms with Crippen LogP contribution in [0.2, 0.25) is 0 Å². The molecule has 0 amide bonds. The maximum absolute atomic E-state index is 4.53. The molecule has 0 fully saturated rings. The zero-order chi connectivity index (χ0) is 23.1. The van der Waals surface area contributed by atoms with Gasteiger partial charge in [-0.05, 0) is 48.5 Å². The van der Waals surface area contributed by atoms with Crippen LogP contribution in [0, 0.1) is 26.2 Å². The van der Waals surface area contributed by atoms with Crippen molar-refractivity contribution in [3.63, 3.8) is 0 Å². The van der Waals surface area contributed by atoms with Gasteiger partial charge in [0.1, 0.15) is 0 Å². The molecule has 0 bridgehead atoms. The molecule has 170 valence electrons. The Morgan fingerprint density at radius 1 is 0.576 bits per heavy atom. The van der Waals surface area contributed by atoms with Crippen molar-refractivity contribution < 1.29 is 20.1 Å². The van der Waals surface area contributed by atoms with E-state index in [-0.39, 0.29) is 20.1 Å². The molecule has 2 aromatic carbocycles. The van der Waals surface area contributed by atoms with Gasteiger partial charge in [0.2, 0.25) is 0 Å². The summed E-state index contributed by atoms with van der Waals surface area (Å²) in [5.41, 5.74) is 7.82. The molecule has 0 radical (unpaired) electrons. The molecule has 0 aliphatic rings. The molecule has 33 heavy (non-hydrogen) atoms. The van der Waals surface area contributed by atoms with E-state index in [4.69, 9.17) is 0 Å². The average molecular weight is 615 g/mol. The standard InChI is InChI=1S/2C14H15N2.Ir/c2*1-10(2)13-9-15-14(11(3)16-13)12-7-5-4-6-8-12;/h2*4-8,10H,1-3H3;/q2*-1;+3. The Hall–Kier alpha value is -2.75. The minimum absolute atomic E-state index is 0. The molecule has 0 atom stereocenters. The Kier molecular flexibility index (Phi) is 10.0. The summed E-state index contributed by atoms with van der Waals surface area (Å²) >= 11 is 0. The molecule has 4 rings (SSSR count). The normalized spacial score (nSPS) is 10.4. The van der Waals surface area contributed by atoms with Crippen LogP contribution in [0.4, 0.5) is 0 Å². The first-order valence-corrected chi connectivity index (χ1v) is 11.0. The molecule has 0 saturated heterocycles. The van der Waals surface area contributed by atoms with Gasteiger partial charge in [-0.2, -0.15) is 0 Å². The van der Waals surface area contributed by atoms with E-state index < -0.39 is 0 Å². The number of aryl methyl sites for hydroxylation is 2. The number of hydrogen-bond acceptors (Lipinski definition) is 4. The summed E-state index contributed by atoms with van der Waals surface area (Å²) in [5.74, 6) is 0.743. The SMILES string of the molecule is Cc1nc(C(C)C)[c-]nc1-c1ccccc1.Cc1nc(C(C)C)[c-]nc1-c1ccccc1.[Ir+3]. The summed E-state index contributed by atoms with van der Waals surface area (Å²) in [6, 6.07) is 20.2. The fourth-order valence-corrected chi connectivity index (χ4v) is 3.16. The van der Waals surface area contributed by atoms with E-state index in [0.717, 1.165) is 45.3 Å². The van der Waals surface area contributed by atoms with Crippen molar-refractivity contribution in [2.24, 2.45) is 0 Å². The van der Waals surface area contributed by atoms with Gasteiger partial charge in [-0.1, -0.05) is 111 Å². The van der Waals surface area contributed by atoms with Crippen LogP contribution >= 0.6 is 0 Å². The quantitative estimate of drug-likeness (QED) is 0.239. The van der Waals surface area contributed by atoms with Gasteiger partial charge >= 0.3 is 20.1 Å². The predicted molar refractivity (Wildman–Crippen MR) is 130 cm³/mol. The summed E-state index contributed by atoms with van der Waals surface area (Å²) in [7, 11) is 0. The Morgan fingerprint density at radius 3 is 1.18 bits per heavy atom. The second-order valence-electron chi connectivity index (χ2n) is 8.35. The molecule has 2 aromatic heterocycles. The first-order valence-electron chi connectivity index (χ1n) is 11.0. The van der Waals surface area contributed by atoms with E-state index >= 15 is 0 Å². The Labute approximate surface area is 211 Å². The molecule has 0 spiro atoms. The number of hydrogen-bond donors (Lipinski definition) is 0. The first kappa shape index (κ1) is 26.5. The van der Waals surface area contributed by atoms with Gasteiger partial charge in [0, 0.05) is 0 Å². The smallest absolute Gasteiger partial charge is 0.448 e. The Bertz CT molecular complexity index is 1050. The van der Waals surface area contributed by atoms with Crippen molar-refractivity contribution in [2.45, 2.75) is 53.4 Å². The van der Waals surface area contributed by atoms with Crippen molar-refractivity contribution >= 4 is 0 Å². The van der Waals surface area contributed by atoms with Crippen LogP contribution in [0.1, 0.15) is 62.3 Å². The number of benzene rings is 2. The summed E-state index contributed by atoms with van der Waals surface area (Å²) in [4.78, 5) is 17.8. The minimum atomic E-state index is 0. The van der Waals surface area contributed by atoms with Gasteiger partial charge in [-0.25, -0.2) is 0 Å². The van der Waals surface area contributed by atoms with E-state index in [0.29, 0.717) is 11.8 Å². The molecule has 4 aromatic rings. The predicted octanol–water partition coefficient (Wildman–Crippen LogP) is 6.75. The van der Waals surface area contributed by atoms with E-state index in [2.05, 4.69) is 60.0 Å². The topological polar surface area (TPSA) is 51.6 Å². The van der Waals surface area contributed by atoms with E-state index in [9.17, 15) is 0 Å². The third-order valence-electron chi connectivity index (χ3n) is 5.01. The molecule has 0 unspecified atom stereocenters. The van der Waals surface area contributed by atoms with Crippen LogP contribution in [0.15, 0.2) is 60.7 Å². The van der Waals surface area contributed by atoms with Gasteiger partial charge in [-0.3, -0.25) is 9.97 Å². The summed E-state index contributed by atoms with van der Waals surface area (Å²) in [5, 5.41) is 0. The molecule has 0 saturated carbocycles. The fourth-order valence-electron chi connectivity index (χ4n) is 3.16. The third kappa shape index (κ3) is 7.11. The first-order chi connectivity index (χ1) is 15.4. The van der Waals surface area contributed by atoms with Crippen LogP contribution in [0.3, 0.4) is 0 Å². The zero-order valence-corrected chi connectivity index (χ0v) is 22.4. The molecular formula is C28H30IrN4+. The molecule has 5 heteroatoms. The molecule has 0 N–H and O–H groups in total. The largest absolute Gasteiger partial charge is 3.00 e. The van der Waals surface area contributed by atoms with Crippen molar-refractivity contribution in [1.29, 1.82) is 0 Å². The number of nitrogens with zero attached hydrogens (tertiary/aromatic N) is 4. The van der Waals surface area contributed by atoms with Gasteiger partial charge in [0.15, 0.2) is 0 Å². The maximum Gasteiger partial charge on any atom is 3.00 e. The molecular weight excluding hydrogens is 585 g/mol. The fraction of sp³-hybridized carbons (Fsp3) is 0.286. The monoisotopic (exact) mass is 615 g/mol. The van der Waals surface area contributed by atoms with Crippen LogP contribution in [-0.4, -0.2) is 19.9 Å². The summed E-state index contributed by atoms with van der Waals surface area (Å²) in [6.45, 7) is 12.4. The van der Waals surface area contributed by atoms with Crippen molar-refractivity contribution in [2.75, 3.05) is 0 Å². The zero-order valence-electron chi connectivity index (χ0n) is 20.1. The van der Waals surface area contributed by atoms with Crippen LogP contribution in [0.5, 0.6) is 0 Å². The molecule has 4 nitrogen and oxygen atoms in total. The van der Waals surface area contributed by atoms with Gasteiger partial charge in [0.05, 0.1) is 0 Å². The molecule has 2 heterocycles. The van der Waals surface area contributed by atoms with Gasteiger partial charge in [-0.15, -0.1) is 12.4 Å². The van der Waals surface area contributed by atoms with E-state index in [1.165, 1.54) is 0 Å². The van der Waals surface area contributed by atoms with E-state index in [1.807, 2.05) is 74.5 Å². The van der Waals surface area contributed by atoms with Crippen molar-refractivity contribution in [3.8, 4) is 22.5 Å². The number of rotatable bonds is 4. The van der Waals surface area contributed by atoms with Gasteiger partial charge in [0.25, 0.3) is 0 Å². The second-order valence-corrected chi connectivity index (χ2v) is 8.35.